The minimum Gasteiger partial charge on any atom is -0.429 e. The van der Waals surface area contributed by atoms with Crippen LogP contribution in [0.5, 0.6) is 5.75 Å². The highest BCUT2D eigenvalue weighted by molar-refractivity contribution is 5.77. The maximum atomic E-state index is 15.4. The molecule has 0 radical (unpaired) electrons. The fourth-order valence-corrected chi connectivity index (χ4v) is 5.79. The largest absolute Gasteiger partial charge is 0.429 e. The molecule has 0 N–H and O–H groups in total. The number of hydrogen-bond acceptors (Lipinski definition) is 1. The van der Waals surface area contributed by atoms with Crippen LogP contribution in [0.3, 0.4) is 0 Å². The average molecular weight is 549 g/mol. The summed E-state index contributed by atoms with van der Waals surface area (Å²) in [4.78, 5) is 0. The fourth-order valence-electron chi connectivity index (χ4n) is 5.79. The summed E-state index contributed by atoms with van der Waals surface area (Å²) in [6.45, 7) is 3.75. The van der Waals surface area contributed by atoms with Crippen LogP contribution in [0.4, 0.5) is 35.1 Å². The predicted molar refractivity (Wildman–Crippen MR) is 129 cm³/mol. The molecule has 2 aliphatic rings. The molecule has 4 rings (SSSR count). The van der Waals surface area contributed by atoms with E-state index in [9.17, 15) is 4.39 Å². The summed E-state index contributed by atoms with van der Waals surface area (Å²) in [6, 6.07) is 3.77. The van der Waals surface area contributed by atoms with Gasteiger partial charge in [-0.15, -0.1) is 0 Å². The number of benzene rings is 2. The van der Waals surface area contributed by atoms with Crippen molar-refractivity contribution < 1.29 is 39.9 Å². The van der Waals surface area contributed by atoms with Crippen LogP contribution in [0.25, 0.3) is 11.1 Å². The molecule has 0 spiro atoms. The van der Waals surface area contributed by atoms with Crippen molar-refractivity contribution in [1.29, 1.82) is 0 Å². The molecule has 0 unspecified atom stereocenters. The lowest BCUT2D eigenvalue weighted by Crippen LogP contribution is -2.41. The number of fused-ring (bicyclic) bond motifs is 3. The van der Waals surface area contributed by atoms with Crippen molar-refractivity contribution >= 4 is 0 Å². The number of aryl methyl sites for hydroxylation is 1. The molecule has 2 aromatic rings. The Bertz CT molecular complexity index is 1150. The van der Waals surface area contributed by atoms with Crippen molar-refractivity contribution in [3.63, 3.8) is 0 Å². The Hall–Kier alpha value is -2.32. The highest BCUT2D eigenvalue weighted by Gasteiger charge is 2.65. The van der Waals surface area contributed by atoms with Crippen molar-refractivity contribution in [2.75, 3.05) is 0 Å². The first-order valence-corrected chi connectivity index (χ1v) is 13.3. The first kappa shape index (κ1) is 28.7. The van der Waals surface area contributed by atoms with Crippen LogP contribution < -0.4 is 4.74 Å². The van der Waals surface area contributed by atoms with Gasteiger partial charge in [-0.3, -0.25) is 0 Å². The molecule has 0 saturated heterocycles. The van der Waals surface area contributed by atoms with Crippen LogP contribution in [0.15, 0.2) is 24.3 Å². The van der Waals surface area contributed by atoms with Gasteiger partial charge in [-0.1, -0.05) is 58.1 Å². The SMILES string of the molecule is CCCCCC1CCC(C(F)(F)Oc2ccc3c(c2F)C(F)(F)C(F)(F)c2c-3ccc(CCC)c2F)CC1. The summed E-state index contributed by atoms with van der Waals surface area (Å²) in [5.41, 5.74) is -4.74. The van der Waals surface area contributed by atoms with Crippen molar-refractivity contribution in [2.24, 2.45) is 11.8 Å². The van der Waals surface area contributed by atoms with Crippen LogP contribution in [0.2, 0.25) is 0 Å². The maximum Gasteiger partial charge on any atom is 0.400 e. The highest BCUT2D eigenvalue weighted by atomic mass is 19.3. The zero-order valence-corrected chi connectivity index (χ0v) is 21.5. The molecule has 1 nitrogen and oxygen atoms in total. The smallest absolute Gasteiger partial charge is 0.400 e. The Labute approximate surface area is 217 Å². The van der Waals surface area contributed by atoms with E-state index >= 15 is 30.7 Å². The minimum absolute atomic E-state index is 0.0461. The van der Waals surface area contributed by atoms with Gasteiger partial charge in [0.25, 0.3) is 0 Å². The summed E-state index contributed by atoms with van der Waals surface area (Å²) in [6.07, 6.45) is 1.98. The molecule has 2 aliphatic carbocycles. The van der Waals surface area contributed by atoms with Crippen molar-refractivity contribution in [3.05, 3.63) is 52.6 Å². The second kappa shape index (κ2) is 10.7. The molecule has 0 atom stereocenters. The van der Waals surface area contributed by atoms with E-state index in [1.807, 2.05) is 0 Å². The fraction of sp³-hybridized carbons (Fsp3) is 0.586. The molecule has 1 fully saturated rings. The van der Waals surface area contributed by atoms with Gasteiger partial charge in [0.2, 0.25) is 0 Å². The van der Waals surface area contributed by atoms with Crippen LogP contribution in [0.1, 0.15) is 88.3 Å². The molecule has 0 amide bonds. The van der Waals surface area contributed by atoms with Gasteiger partial charge < -0.3 is 4.74 Å². The maximum absolute atomic E-state index is 15.4. The first-order valence-electron chi connectivity index (χ1n) is 13.3. The van der Waals surface area contributed by atoms with E-state index in [2.05, 4.69) is 11.7 Å². The second-order valence-corrected chi connectivity index (χ2v) is 10.5. The Morgan fingerprint density at radius 3 is 1.95 bits per heavy atom. The minimum atomic E-state index is -5.20. The van der Waals surface area contributed by atoms with E-state index in [0.29, 0.717) is 25.2 Å². The quantitative estimate of drug-likeness (QED) is 0.224. The standard InChI is InChI=1S/C29H32F8O/c1-3-5-6-8-17-9-12-19(13-10-17)29(36,37)38-22-16-15-21-20-14-11-18(7-4-2)25(30)23(20)27(32,33)28(34,35)24(21)26(22)31/h11,14-17,19H,3-10,12-13H2,1-2H3. The van der Waals surface area contributed by atoms with Crippen LogP contribution in [-0.2, 0) is 18.3 Å². The topological polar surface area (TPSA) is 9.23 Å². The van der Waals surface area contributed by atoms with Gasteiger partial charge >= 0.3 is 18.0 Å². The van der Waals surface area contributed by atoms with Crippen molar-refractivity contribution in [2.45, 2.75) is 96.0 Å². The third kappa shape index (κ3) is 4.90. The number of halogens is 8. The lowest BCUT2D eigenvalue weighted by Gasteiger charge is -2.36. The van der Waals surface area contributed by atoms with E-state index in [-0.39, 0.29) is 24.8 Å². The highest BCUT2D eigenvalue weighted by Crippen LogP contribution is 2.60. The van der Waals surface area contributed by atoms with Gasteiger partial charge in [-0.05, 0) is 66.8 Å². The number of unbranched alkanes of at least 4 members (excludes halogenated alkanes) is 2. The molecule has 0 bridgehead atoms. The third-order valence-corrected chi connectivity index (χ3v) is 7.94. The van der Waals surface area contributed by atoms with E-state index < -0.39 is 63.5 Å². The Balaban J connectivity index is 1.65. The summed E-state index contributed by atoms with van der Waals surface area (Å²) in [7, 11) is 0. The molecule has 2 aromatic carbocycles. The van der Waals surface area contributed by atoms with Gasteiger partial charge in [0.05, 0.1) is 17.0 Å². The van der Waals surface area contributed by atoms with Crippen molar-refractivity contribution in [3.8, 4) is 16.9 Å². The number of rotatable bonds is 9. The molecular weight excluding hydrogens is 516 g/mol. The van der Waals surface area contributed by atoms with Crippen LogP contribution >= 0.6 is 0 Å². The Morgan fingerprint density at radius 2 is 1.37 bits per heavy atom. The molecule has 210 valence electrons. The summed E-state index contributed by atoms with van der Waals surface area (Å²) < 4.78 is 125. The molecule has 1 saturated carbocycles. The number of alkyl halides is 6. The van der Waals surface area contributed by atoms with E-state index in [1.165, 1.54) is 6.07 Å². The van der Waals surface area contributed by atoms with Crippen LogP contribution in [-0.4, -0.2) is 6.11 Å². The molecule has 0 aliphatic heterocycles. The molecule has 9 heteroatoms. The second-order valence-electron chi connectivity index (χ2n) is 10.5. The van der Waals surface area contributed by atoms with Gasteiger partial charge in [-0.25, -0.2) is 8.78 Å². The van der Waals surface area contributed by atoms with Gasteiger partial charge in [-0.2, -0.15) is 26.3 Å². The summed E-state index contributed by atoms with van der Waals surface area (Å²) in [5.74, 6) is -16.0. The van der Waals surface area contributed by atoms with Gasteiger partial charge in [0.15, 0.2) is 11.6 Å². The molecule has 0 heterocycles. The molecule has 0 aromatic heterocycles. The monoisotopic (exact) mass is 548 g/mol. The van der Waals surface area contributed by atoms with E-state index in [0.717, 1.165) is 43.9 Å². The van der Waals surface area contributed by atoms with Crippen molar-refractivity contribution in [1.82, 2.24) is 0 Å². The predicted octanol–water partition coefficient (Wildman–Crippen LogP) is 10.1. The molecule has 38 heavy (non-hydrogen) atoms. The summed E-state index contributed by atoms with van der Waals surface area (Å²) in [5, 5.41) is 0. The lowest BCUT2D eigenvalue weighted by atomic mass is 9.78. The van der Waals surface area contributed by atoms with E-state index in [4.69, 9.17) is 0 Å². The zero-order chi connectivity index (χ0) is 27.9. The van der Waals surface area contributed by atoms with E-state index in [1.54, 1.807) is 6.92 Å². The number of ether oxygens (including phenoxy) is 1. The third-order valence-electron chi connectivity index (χ3n) is 7.94. The lowest BCUT2D eigenvalue weighted by molar-refractivity contribution is -0.231. The number of hydrogen-bond donors (Lipinski definition) is 0. The normalized spacial score (nSPS) is 22.1. The van der Waals surface area contributed by atoms with Gasteiger partial charge in [0, 0.05) is 0 Å². The molecular formula is C29H32F8O. The van der Waals surface area contributed by atoms with Gasteiger partial charge in [0.1, 0.15) is 5.82 Å². The Morgan fingerprint density at radius 1 is 0.789 bits per heavy atom. The summed E-state index contributed by atoms with van der Waals surface area (Å²) >= 11 is 0. The zero-order valence-electron chi connectivity index (χ0n) is 21.5. The Kier molecular flexibility index (Phi) is 8.06. The average Bonchev–Trinajstić information content (AvgIpc) is 2.85. The first-order chi connectivity index (χ1) is 17.9. The van der Waals surface area contributed by atoms with Crippen LogP contribution in [0, 0.1) is 23.5 Å².